The highest BCUT2D eigenvalue weighted by atomic mass is 79.9. The van der Waals surface area contributed by atoms with Gasteiger partial charge in [-0.2, -0.15) is 0 Å². The van der Waals surface area contributed by atoms with Crippen molar-refractivity contribution in [2.45, 2.75) is 33.1 Å². The van der Waals surface area contributed by atoms with E-state index in [1.165, 1.54) is 7.11 Å². The fraction of sp³-hybridized carbons (Fsp3) is 0.700. The molecule has 0 aromatic heterocycles. The van der Waals surface area contributed by atoms with E-state index in [4.69, 9.17) is 0 Å². The number of allylic oxidation sites excluding steroid dienone is 1. The van der Waals surface area contributed by atoms with E-state index in [2.05, 4.69) is 40.6 Å². The molecule has 0 spiro atoms. The molecule has 0 fully saturated rings. The number of rotatable bonds is 5. The summed E-state index contributed by atoms with van der Waals surface area (Å²) in [6, 6.07) is 0. The molecule has 2 nitrogen and oxygen atoms in total. The van der Waals surface area contributed by atoms with Crippen LogP contribution in [0.2, 0.25) is 0 Å². The molecule has 0 atom stereocenters. The Morgan fingerprint density at radius 2 is 2.15 bits per heavy atom. The van der Waals surface area contributed by atoms with Crippen molar-refractivity contribution in [1.82, 2.24) is 0 Å². The average molecular weight is 249 g/mol. The molecule has 0 unspecified atom stereocenters. The summed E-state index contributed by atoms with van der Waals surface area (Å²) in [7, 11) is 1.42. The maximum absolute atomic E-state index is 10.8. The van der Waals surface area contributed by atoms with Crippen LogP contribution in [0.4, 0.5) is 0 Å². The highest BCUT2D eigenvalue weighted by Crippen LogP contribution is 2.25. The van der Waals surface area contributed by atoms with Crippen LogP contribution in [-0.4, -0.2) is 13.1 Å². The summed E-state index contributed by atoms with van der Waals surface area (Å²) in [5, 5.41) is 0. The second-order valence-electron chi connectivity index (χ2n) is 3.71. The first kappa shape index (κ1) is 12.7. The van der Waals surface area contributed by atoms with Crippen LogP contribution in [0.25, 0.3) is 0 Å². The average Bonchev–Trinajstić information content (AvgIpc) is 2.03. The Hall–Kier alpha value is -0.310. The third-order valence-corrected chi connectivity index (χ3v) is 2.21. The molecular weight excluding hydrogens is 232 g/mol. The molecule has 0 radical (unpaired) electrons. The predicted molar refractivity (Wildman–Crippen MR) is 57.7 cm³/mol. The van der Waals surface area contributed by atoms with Gasteiger partial charge in [0, 0.05) is 6.42 Å². The maximum Gasteiger partial charge on any atom is 0.305 e. The van der Waals surface area contributed by atoms with Gasteiger partial charge in [0.2, 0.25) is 0 Å². The Kier molecular flexibility index (Phi) is 6.04. The Balaban J connectivity index is 3.69. The summed E-state index contributed by atoms with van der Waals surface area (Å²) in [4.78, 5) is 12.7. The second-order valence-corrected chi connectivity index (χ2v) is 4.24. The van der Waals surface area contributed by atoms with Crippen LogP contribution in [-0.2, 0) is 9.53 Å². The minimum atomic E-state index is -0.126. The number of carbonyl (C=O) groups is 1. The van der Waals surface area contributed by atoms with E-state index in [9.17, 15) is 4.79 Å². The number of ether oxygens (including phenoxy) is 1. The number of carbonyl (C=O) groups excluding carboxylic acids is 1. The van der Waals surface area contributed by atoms with Crippen molar-refractivity contribution < 1.29 is 9.53 Å². The summed E-state index contributed by atoms with van der Waals surface area (Å²) in [6.07, 6.45) is 4.46. The van der Waals surface area contributed by atoms with E-state index < -0.39 is 0 Å². The third-order valence-electron chi connectivity index (χ3n) is 1.94. The molecule has 0 bridgehead atoms. The molecule has 0 saturated heterocycles. The monoisotopic (exact) mass is 248 g/mol. The van der Waals surface area contributed by atoms with Crippen LogP contribution in [0, 0.1) is 5.41 Å². The van der Waals surface area contributed by atoms with Crippen molar-refractivity contribution >= 4 is 21.9 Å². The topological polar surface area (TPSA) is 26.3 Å². The first-order valence-corrected chi connectivity index (χ1v) is 5.28. The predicted octanol–water partition coefficient (Wildman–Crippen LogP) is 3.26. The molecule has 0 rings (SSSR count). The molecule has 0 aromatic rings. The fourth-order valence-electron chi connectivity index (χ4n) is 1.04. The summed E-state index contributed by atoms with van der Waals surface area (Å²) >= 11 is 3.25. The van der Waals surface area contributed by atoms with Crippen molar-refractivity contribution in [1.29, 1.82) is 0 Å². The van der Waals surface area contributed by atoms with Gasteiger partial charge >= 0.3 is 5.97 Å². The Bertz CT molecular complexity index is 185. The van der Waals surface area contributed by atoms with Gasteiger partial charge in [0.15, 0.2) is 0 Å². The van der Waals surface area contributed by atoms with Gasteiger partial charge in [-0.1, -0.05) is 35.9 Å². The van der Waals surface area contributed by atoms with Crippen LogP contribution < -0.4 is 0 Å². The number of halogens is 1. The summed E-state index contributed by atoms with van der Waals surface area (Å²) in [5.41, 5.74) is 0.150. The van der Waals surface area contributed by atoms with Gasteiger partial charge < -0.3 is 4.74 Å². The van der Waals surface area contributed by atoms with Crippen molar-refractivity contribution in [3.63, 3.8) is 0 Å². The zero-order valence-corrected chi connectivity index (χ0v) is 10.1. The first-order chi connectivity index (χ1) is 6.02. The lowest BCUT2D eigenvalue weighted by molar-refractivity contribution is -0.140. The number of methoxy groups -OCH3 is 1. The van der Waals surface area contributed by atoms with Crippen LogP contribution >= 0.6 is 15.9 Å². The minimum Gasteiger partial charge on any atom is -0.469 e. The fourth-order valence-corrected chi connectivity index (χ4v) is 1.76. The molecule has 0 heterocycles. The lowest BCUT2D eigenvalue weighted by Crippen LogP contribution is -2.08. The lowest BCUT2D eigenvalue weighted by Gasteiger charge is -2.18. The van der Waals surface area contributed by atoms with E-state index in [1.54, 1.807) is 0 Å². The van der Waals surface area contributed by atoms with Crippen LogP contribution in [0.1, 0.15) is 33.1 Å². The van der Waals surface area contributed by atoms with Gasteiger partial charge in [0.1, 0.15) is 0 Å². The zero-order valence-electron chi connectivity index (χ0n) is 8.47. The van der Waals surface area contributed by atoms with E-state index in [0.29, 0.717) is 6.42 Å². The van der Waals surface area contributed by atoms with Gasteiger partial charge in [0.25, 0.3) is 0 Å². The quantitative estimate of drug-likeness (QED) is 0.699. The van der Waals surface area contributed by atoms with E-state index in [1.807, 2.05) is 4.99 Å². The van der Waals surface area contributed by atoms with E-state index >= 15 is 0 Å². The second kappa shape index (κ2) is 6.19. The molecule has 0 amide bonds. The largest absolute Gasteiger partial charge is 0.469 e. The molecule has 0 aromatic carbocycles. The van der Waals surface area contributed by atoms with Crippen LogP contribution in [0.3, 0.4) is 0 Å². The first-order valence-electron chi connectivity index (χ1n) is 4.36. The number of hydrogen-bond donors (Lipinski definition) is 0. The molecule has 0 N–H and O–H groups in total. The van der Waals surface area contributed by atoms with Gasteiger partial charge in [-0.15, -0.1) is 0 Å². The van der Waals surface area contributed by atoms with Gasteiger partial charge in [-0.25, -0.2) is 0 Å². The van der Waals surface area contributed by atoms with Crippen molar-refractivity contribution in [3.8, 4) is 0 Å². The summed E-state index contributed by atoms with van der Waals surface area (Å²) in [6.45, 7) is 4.28. The van der Waals surface area contributed by atoms with Crippen LogP contribution in [0.5, 0.6) is 0 Å². The normalized spacial score (nSPS) is 12.0. The van der Waals surface area contributed by atoms with Gasteiger partial charge in [-0.05, 0) is 23.2 Å². The van der Waals surface area contributed by atoms with E-state index in [-0.39, 0.29) is 11.4 Å². The van der Waals surface area contributed by atoms with Gasteiger partial charge in [-0.3, -0.25) is 4.79 Å². The molecule has 0 aliphatic carbocycles. The minimum absolute atomic E-state index is 0.126. The molecule has 3 heteroatoms. The lowest BCUT2D eigenvalue weighted by atomic mass is 9.87. The highest BCUT2D eigenvalue weighted by molar-refractivity contribution is 9.11. The molecule has 0 aliphatic heterocycles. The third kappa shape index (κ3) is 6.82. The number of esters is 1. The van der Waals surface area contributed by atoms with Gasteiger partial charge in [0.05, 0.1) is 7.11 Å². The molecular formula is C10H17BrO2. The molecule has 0 saturated carbocycles. The zero-order chi connectivity index (χ0) is 10.3. The smallest absolute Gasteiger partial charge is 0.305 e. The van der Waals surface area contributed by atoms with Crippen LogP contribution in [0.15, 0.2) is 11.1 Å². The summed E-state index contributed by atoms with van der Waals surface area (Å²) in [5.74, 6) is -0.126. The molecule has 13 heavy (non-hydrogen) atoms. The van der Waals surface area contributed by atoms with E-state index in [0.717, 1.165) is 12.8 Å². The molecule has 76 valence electrons. The highest BCUT2D eigenvalue weighted by Gasteiger charge is 2.13. The summed E-state index contributed by atoms with van der Waals surface area (Å²) < 4.78 is 4.56. The Morgan fingerprint density at radius 3 is 2.62 bits per heavy atom. The SMILES string of the molecule is COC(=O)CCCC(C)(C)/C=C/Br. The van der Waals surface area contributed by atoms with Crippen molar-refractivity contribution in [2.24, 2.45) is 5.41 Å². The van der Waals surface area contributed by atoms with Crippen molar-refractivity contribution in [3.05, 3.63) is 11.1 Å². The molecule has 0 aliphatic rings. The standard InChI is InChI=1S/C10H17BrO2/c1-10(2,7-8-11)6-4-5-9(12)13-3/h7-8H,4-6H2,1-3H3/b8-7+. The maximum atomic E-state index is 10.8. The van der Waals surface area contributed by atoms with Crippen molar-refractivity contribution in [2.75, 3.05) is 7.11 Å². The Morgan fingerprint density at radius 1 is 1.54 bits per heavy atom. The number of hydrogen-bond acceptors (Lipinski definition) is 2. The Labute approximate surface area is 88.5 Å².